The van der Waals surface area contributed by atoms with Gasteiger partial charge in [0.1, 0.15) is 5.82 Å². The summed E-state index contributed by atoms with van der Waals surface area (Å²) in [7, 11) is 0. The third kappa shape index (κ3) is 6.51. The predicted molar refractivity (Wildman–Crippen MR) is 126 cm³/mol. The number of rotatable bonds is 10. The van der Waals surface area contributed by atoms with E-state index in [0.717, 1.165) is 43.2 Å². The molecule has 3 atom stereocenters. The maximum absolute atomic E-state index is 14.7. The van der Waals surface area contributed by atoms with Crippen LogP contribution in [0.5, 0.6) is 0 Å². The molecule has 0 spiro atoms. The first kappa shape index (κ1) is 25.1. The SMILES string of the molecule is CCC(CC)O[C@@H]1C=C(C(=O)O)C[C@H](NCc2ccc(C3=CCCC3)c(F)c2)[C@H]1NC(C)=O. The number of halogens is 1. The Kier molecular flexibility index (Phi) is 8.80. The van der Waals surface area contributed by atoms with Gasteiger partial charge in [-0.3, -0.25) is 4.79 Å². The molecule has 0 unspecified atom stereocenters. The van der Waals surface area contributed by atoms with Crippen molar-refractivity contribution < 1.29 is 23.8 Å². The van der Waals surface area contributed by atoms with Crippen LogP contribution in [0.1, 0.15) is 70.4 Å². The van der Waals surface area contributed by atoms with Gasteiger partial charge in [-0.1, -0.05) is 32.1 Å². The molecule has 6 nitrogen and oxygen atoms in total. The number of nitrogens with one attached hydrogen (secondary N) is 2. The van der Waals surface area contributed by atoms with Crippen molar-refractivity contribution in [3.05, 3.63) is 52.9 Å². The molecule has 3 rings (SSSR count). The van der Waals surface area contributed by atoms with E-state index in [2.05, 4.69) is 16.7 Å². The highest BCUT2D eigenvalue weighted by Gasteiger charge is 2.37. The Balaban J connectivity index is 1.78. The number of carbonyl (C=O) groups excluding carboxylic acids is 1. The molecule has 2 aliphatic rings. The van der Waals surface area contributed by atoms with Gasteiger partial charge in [-0.2, -0.15) is 0 Å². The smallest absolute Gasteiger partial charge is 0.331 e. The van der Waals surface area contributed by atoms with Crippen molar-refractivity contribution in [1.82, 2.24) is 10.6 Å². The lowest BCUT2D eigenvalue weighted by Gasteiger charge is -2.38. The highest BCUT2D eigenvalue weighted by Crippen LogP contribution is 2.30. The van der Waals surface area contributed by atoms with E-state index in [9.17, 15) is 19.1 Å². The largest absolute Gasteiger partial charge is 0.478 e. The van der Waals surface area contributed by atoms with Gasteiger partial charge < -0.3 is 20.5 Å². The molecule has 0 aromatic heterocycles. The maximum Gasteiger partial charge on any atom is 0.331 e. The number of amides is 1. The van der Waals surface area contributed by atoms with Gasteiger partial charge in [-0.05, 0) is 61.8 Å². The number of hydrogen-bond acceptors (Lipinski definition) is 4. The topological polar surface area (TPSA) is 87.7 Å². The first-order valence-electron chi connectivity index (χ1n) is 11.9. The summed E-state index contributed by atoms with van der Waals surface area (Å²) >= 11 is 0. The Bertz CT molecular complexity index is 923. The standard InChI is InChI=1S/C26H35FN2O4/c1-4-20(5-2)33-24-14-19(26(31)32)13-23(25(24)29-16(3)30)28-15-17-10-11-21(22(27)12-17)18-8-6-7-9-18/h8,10-12,14,20,23-25,28H,4-7,9,13,15H2,1-3H3,(H,29,30)(H,31,32)/t23-,24+,25+/m0/s1. The molecule has 0 saturated heterocycles. The summed E-state index contributed by atoms with van der Waals surface area (Å²) in [4.78, 5) is 23.7. The predicted octanol–water partition coefficient (Wildman–Crippen LogP) is 4.34. The second-order valence-electron chi connectivity index (χ2n) is 8.89. The van der Waals surface area contributed by atoms with Gasteiger partial charge in [0.05, 0.1) is 18.2 Å². The lowest BCUT2D eigenvalue weighted by atomic mass is 9.87. The molecule has 2 aliphatic carbocycles. The Labute approximate surface area is 195 Å². The highest BCUT2D eigenvalue weighted by molar-refractivity contribution is 5.87. The fourth-order valence-corrected chi connectivity index (χ4v) is 4.66. The van der Waals surface area contributed by atoms with Gasteiger partial charge in [0, 0.05) is 30.6 Å². The van der Waals surface area contributed by atoms with Crippen LogP contribution in [-0.2, 0) is 20.9 Å². The highest BCUT2D eigenvalue weighted by atomic mass is 19.1. The number of ether oxygens (including phenoxy) is 1. The summed E-state index contributed by atoms with van der Waals surface area (Å²) in [6.45, 7) is 5.82. The van der Waals surface area contributed by atoms with Crippen molar-refractivity contribution in [2.24, 2.45) is 0 Å². The second kappa shape index (κ2) is 11.6. The lowest BCUT2D eigenvalue weighted by Crippen LogP contribution is -2.58. The van der Waals surface area contributed by atoms with Crippen LogP contribution in [0.2, 0.25) is 0 Å². The quantitative estimate of drug-likeness (QED) is 0.485. The minimum absolute atomic E-state index is 0.0390. The average Bonchev–Trinajstić information content (AvgIpc) is 3.31. The lowest BCUT2D eigenvalue weighted by molar-refractivity contribution is -0.133. The molecular weight excluding hydrogens is 423 g/mol. The molecule has 1 aromatic carbocycles. The Morgan fingerprint density at radius 3 is 2.61 bits per heavy atom. The van der Waals surface area contributed by atoms with Crippen molar-refractivity contribution in [2.75, 3.05) is 0 Å². The van der Waals surface area contributed by atoms with E-state index in [1.54, 1.807) is 6.08 Å². The van der Waals surface area contributed by atoms with Crippen molar-refractivity contribution in [2.45, 2.75) is 90.1 Å². The van der Waals surface area contributed by atoms with Crippen LogP contribution in [0.3, 0.4) is 0 Å². The third-order valence-corrected chi connectivity index (χ3v) is 6.49. The molecule has 7 heteroatoms. The van der Waals surface area contributed by atoms with Crippen LogP contribution in [-0.4, -0.2) is 41.3 Å². The van der Waals surface area contributed by atoms with Gasteiger partial charge in [0.15, 0.2) is 0 Å². The minimum Gasteiger partial charge on any atom is -0.478 e. The summed E-state index contributed by atoms with van der Waals surface area (Å²) in [6, 6.07) is 4.44. The van der Waals surface area contributed by atoms with Gasteiger partial charge in [0.25, 0.3) is 0 Å². The average molecular weight is 459 g/mol. The zero-order valence-corrected chi connectivity index (χ0v) is 19.7. The van der Waals surface area contributed by atoms with Crippen LogP contribution in [0.4, 0.5) is 4.39 Å². The summed E-state index contributed by atoms with van der Waals surface area (Å²) in [6.07, 6.45) is 7.86. The molecule has 0 bridgehead atoms. The molecule has 33 heavy (non-hydrogen) atoms. The van der Waals surface area contributed by atoms with Crippen LogP contribution in [0.25, 0.3) is 5.57 Å². The minimum atomic E-state index is -0.999. The molecule has 0 saturated carbocycles. The van der Waals surface area contributed by atoms with Gasteiger partial charge in [-0.25, -0.2) is 9.18 Å². The number of hydrogen-bond donors (Lipinski definition) is 3. The van der Waals surface area contributed by atoms with Gasteiger partial charge >= 0.3 is 5.97 Å². The molecule has 0 aliphatic heterocycles. The molecule has 180 valence electrons. The van der Waals surface area contributed by atoms with E-state index in [1.165, 1.54) is 13.0 Å². The van der Waals surface area contributed by atoms with E-state index < -0.39 is 18.1 Å². The van der Waals surface area contributed by atoms with E-state index in [-0.39, 0.29) is 35.9 Å². The number of benzene rings is 1. The number of carboxylic acid groups (broad SMARTS) is 1. The van der Waals surface area contributed by atoms with E-state index >= 15 is 0 Å². The van der Waals surface area contributed by atoms with Crippen molar-refractivity contribution >= 4 is 17.4 Å². The molecule has 0 radical (unpaired) electrons. The second-order valence-corrected chi connectivity index (χ2v) is 8.89. The van der Waals surface area contributed by atoms with Crippen LogP contribution in [0.15, 0.2) is 35.9 Å². The van der Waals surface area contributed by atoms with E-state index in [1.807, 2.05) is 26.0 Å². The monoisotopic (exact) mass is 458 g/mol. The molecular formula is C26H35FN2O4. The van der Waals surface area contributed by atoms with Crippen LogP contribution in [0, 0.1) is 5.82 Å². The molecule has 1 aromatic rings. The first-order valence-corrected chi connectivity index (χ1v) is 11.9. The number of carboxylic acids is 1. The van der Waals surface area contributed by atoms with Gasteiger partial charge in [-0.15, -0.1) is 0 Å². The van der Waals surface area contributed by atoms with Crippen LogP contribution < -0.4 is 10.6 Å². The molecule has 0 heterocycles. The number of allylic oxidation sites excluding steroid dienone is 2. The Hall–Kier alpha value is -2.51. The zero-order chi connectivity index (χ0) is 24.0. The third-order valence-electron chi connectivity index (χ3n) is 6.49. The fraction of sp³-hybridized carbons (Fsp3) is 0.538. The van der Waals surface area contributed by atoms with Crippen molar-refractivity contribution in [1.29, 1.82) is 0 Å². The summed E-state index contributed by atoms with van der Waals surface area (Å²) in [5, 5.41) is 15.9. The molecule has 3 N–H and O–H groups in total. The summed E-state index contributed by atoms with van der Waals surface area (Å²) in [5.74, 6) is -1.45. The first-order chi connectivity index (χ1) is 15.8. The van der Waals surface area contributed by atoms with Gasteiger partial charge in [0.2, 0.25) is 5.91 Å². The maximum atomic E-state index is 14.7. The Morgan fingerprint density at radius 2 is 2.03 bits per heavy atom. The summed E-state index contributed by atoms with van der Waals surface area (Å²) in [5.41, 5.74) is 2.72. The zero-order valence-electron chi connectivity index (χ0n) is 19.7. The Morgan fingerprint density at radius 1 is 1.27 bits per heavy atom. The normalized spacial score (nSPS) is 22.8. The molecule has 0 fully saturated rings. The van der Waals surface area contributed by atoms with E-state index in [4.69, 9.17) is 4.74 Å². The van der Waals surface area contributed by atoms with Crippen molar-refractivity contribution in [3.8, 4) is 0 Å². The number of aliphatic carboxylic acids is 1. The van der Waals surface area contributed by atoms with Crippen LogP contribution >= 0.6 is 0 Å². The summed E-state index contributed by atoms with van der Waals surface area (Å²) < 4.78 is 20.9. The fourth-order valence-electron chi connectivity index (χ4n) is 4.66. The van der Waals surface area contributed by atoms with Crippen molar-refractivity contribution in [3.63, 3.8) is 0 Å². The number of carbonyl (C=O) groups is 2. The molecule has 1 amide bonds. The van der Waals surface area contributed by atoms with E-state index in [0.29, 0.717) is 12.1 Å².